The van der Waals surface area contributed by atoms with Crippen LogP contribution in [0.3, 0.4) is 0 Å². The Morgan fingerprint density at radius 3 is 2.50 bits per heavy atom. The molecule has 1 aliphatic rings. The van der Waals surface area contributed by atoms with Crippen LogP contribution < -0.4 is 0 Å². The summed E-state index contributed by atoms with van der Waals surface area (Å²) in [5.41, 5.74) is 6.05. The summed E-state index contributed by atoms with van der Waals surface area (Å²) in [6.07, 6.45) is 2.42. The molecule has 0 amide bonds. The minimum absolute atomic E-state index is 0.139. The standard InChI is InChI=1S/C19H21Br/c1-13-11-16-14(2)18(20)10-9-17(16)19(3,12-13)15-7-5-4-6-8-15/h4-10,13H,11-12H2,1-3H3. The lowest BCUT2D eigenvalue weighted by Crippen LogP contribution is -2.33. The normalized spacial score (nSPS) is 25.3. The van der Waals surface area contributed by atoms with Crippen molar-refractivity contribution in [2.24, 2.45) is 5.92 Å². The van der Waals surface area contributed by atoms with Gasteiger partial charge < -0.3 is 0 Å². The quantitative estimate of drug-likeness (QED) is 0.634. The highest BCUT2D eigenvalue weighted by molar-refractivity contribution is 9.10. The largest absolute Gasteiger partial charge is 0.0622 e. The van der Waals surface area contributed by atoms with Crippen molar-refractivity contribution in [3.63, 3.8) is 0 Å². The van der Waals surface area contributed by atoms with Crippen molar-refractivity contribution in [1.29, 1.82) is 0 Å². The van der Waals surface area contributed by atoms with Crippen LogP contribution in [-0.2, 0) is 11.8 Å². The highest BCUT2D eigenvalue weighted by Crippen LogP contribution is 2.46. The molecule has 1 heteroatoms. The van der Waals surface area contributed by atoms with Crippen molar-refractivity contribution in [1.82, 2.24) is 0 Å². The van der Waals surface area contributed by atoms with Crippen molar-refractivity contribution < 1.29 is 0 Å². The number of hydrogen-bond donors (Lipinski definition) is 0. The van der Waals surface area contributed by atoms with Crippen LogP contribution in [0.4, 0.5) is 0 Å². The number of fused-ring (bicyclic) bond motifs is 1. The molecule has 3 rings (SSSR count). The molecule has 0 fully saturated rings. The zero-order valence-corrected chi connectivity index (χ0v) is 14.0. The van der Waals surface area contributed by atoms with Gasteiger partial charge in [0.15, 0.2) is 0 Å². The molecule has 2 aromatic rings. The third kappa shape index (κ3) is 2.13. The van der Waals surface area contributed by atoms with Crippen LogP contribution in [0.15, 0.2) is 46.9 Å². The van der Waals surface area contributed by atoms with Crippen molar-refractivity contribution in [2.75, 3.05) is 0 Å². The van der Waals surface area contributed by atoms with Gasteiger partial charge in [0.05, 0.1) is 0 Å². The molecule has 0 radical (unpaired) electrons. The average molecular weight is 329 g/mol. The molecule has 0 spiro atoms. The molecule has 0 saturated carbocycles. The highest BCUT2D eigenvalue weighted by atomic mass is 79.9. The van der Waals surface area contributed by atoms with Gasteiger partial charge in [0.25, 0.3) is 0 Å². The van der Waals surface area contributed by atoms with E-state index in [1.807, 2.05) is 0 Å². The molecule has 0 nitrogen and oxygen atoms in total. The van der Waals surface area contributed by atoms with Crippen LogP contribution in [-0.4, -0.2) is 0 Å². The van der Waals surface area contributed by atoms with E-state index in [2.05, 4.69) is 79.2 Å². The number of hydrogen-bond acceptors (Lipinski definition) is 0. The molecule has 2 unspecified atom stereocenters. The second-order valence-corrected chi connectivity index (χ2v) is 7.26. The Kier molecular flexibility index (Phi) is 3.50. The zero-order valence-electron chi connectivity index (χ0n) is 12.4. The fraction of sp³-hybridized carbons (Fsp3) is 0.368. The van der Waals surface area contributed by atoms with Gasteiger partial charge >= 0.3 is 0 Å². The fourth-order valence-electron chi connectivity index (χ4n) is 3.82. The Hall–Kier alpha value is -1.08. The molecule has 0 aliphatic heterocycles. The summed E-state index contributed by atoms with van der Waals surface area (Å²) in [7, 11) is 0. The third-order valence-corrected chi connectivity index (χ3v) is 5.71. The Morgan fingerprint density at radius 1 is 1.10 bits per heavy atom. The van der Waals surface area contributed by atoms with Gasteiger partial charge in [0.1, 0.15) is 0 Å². The number of halogens is 1. The molecule has 2 aromatic carbocycles. The Labute approximate surface area is 130 Å². The average Bonchev–Trinajstić information content (AvgIpc) is 2.44. The monoisotopic (exact) mass is 328 g/mol. The van der Waals surface area contributed by atoms with Crippen LogP contribution in [0.5, 0.6) is 0 Å². The molecule has 0 saturated heterocycles. The van der Waals surface area contributed by atoms with Gasteiger partial charge in [0.2, 0.25) is 0 Å². The van der Waals surface area contributed by atoms with Crippen LogP contribution >= 0.6 is 15.9 Å². The molecule has 20 heavy (non-hydrogen) atoms. The summed E-state index contributed by atoms with van der Waals surface area (Å²) in [4.78, 5) is 0. The van der Waals surface area contributed by atoms with Gasteiger partial charge in [-0.05, 0) is 54.0 Å². The van der Waals surface area contributed by atoms with Gasteiger partial charge in [-0.15, -0.1) is 0 Å². The predicted octanol–water partition coefficient (Wildman–Crippen LogP) is 5.65. The summed E-state index contributed by atoms with van der Waals surface area (Å²) >= 11 is 3.69. The Balaban J connectivity index is 2.23. The number of rotatable bonds is 1. The van der Waals surface area contributed by atoms with Crippen LogP contribution in [0, 0.1) is 12.8 Å². The highest BCUT2D eigenvalue weighted by Gasteiger charge is 2.37. The van der Waals surface area contributed by atoms with E-state index in [9.17, 15) is 0 Å². The third-order valence-electron chi connectivity index (χ3n) is 4.85. The van der Waals surface area contributed by atoms with E-state index in [1.165, 1.54) is 34.0 Å². The predicted molar refractivity (Wildman–Crippen MR) is 89.3 cm³/mol. The number of benzene rings is 2. The molecule has 1 aliphatic carbocycles. The SMILES string of the molecule is Cc1c(Br)ccc2c1CC(C)CC2(C)c1ccccc1. The lowest BCUT2D eigenvalue weighted by atomic mass is 9.64. The van der Waals surface area contributed by atoms with E-state index < -0.39 is 0 Å². The fourth-order valence-corrected chi connectivity index (χ4v) is 4.19. The summed E-state index contributed by atoms with van der Waals surface area (Å²) in [6, 6.07) is 15.5. The molecule has 2 atom stereocenters. The summed E-state index contributed by atoms with van der Waals surface area (Å²) < 4.78 is 1.24. The minimum atomic E-state index is 0.139. The molecule has 0 heterocycles. The van der Waals surface area contributed by atoms with Gasteiger partial charge in [-0.2, -0.15) is 0 Å². The van der Waals surface area contributed by atoms with Crippen LogP contribution in [0.1, 0.15) is 42.5 Å². The maximum Gasteiger partial charge on any atom is 0.0207 e. The first-order valence-electron chi connectivity index (χ1n) is 7.36. The Bertz CT molecular complexity index is 630. The summed E-state index contributed by atoms with van der Waals surface area (Å²) in [6.45, 7) is 7.03. The van der Waals surface area contributed by atoms with Crippen molar-refractivity contribution in [2.45, 2.75) is 39.0 Å². The molecular weight excluding hydrogens is 308 g/mol. The lowest BCUT2D eigenvalue weighted by Gasteiger charge is -2.40. The van der Waals surface area contributed by atoms with Gasteiger partial charge in [0, 0.05) is 9.89 Å². The Morgan fingerprint density at radius 2 is 1.80 bits per heavy atom. The first-order valence-corrected chi connectivity index (χ1v) is 8.15. The van der Waals surface area contributed by atoms with E-state index in [4.69, 9.17) is 0 Å². The van der Waals surface area contributed by atoms with Crippen LogP contribution in [0.2, 0.25) is 0 Å². The maximum absolute atomic E-state index is 3.69. The van der Waals surface area contributed by atoms with E-state index in [0.29, 0.717) is 0 Å². The summed E-state index contributed by atoms with van der Waals surface area (Å²) in [5.74, 6) is 0.723. The topological polar surface area (TPSA) is 0 Å². The molecule has 0 bridgehead atoms. The van der Waals surface area contributed by atoms with Gasteiger partial charge in [-0.1, -0.05) is 66.2 Å². The lowest BCUT2D eigenvalue weighted by molar-refractivity contribution is 0.370. The zero-order chi connectivity index (χ0) is 14.3. The second-order valence-electron chi connectivity index (χ2n) is 6.41. The minimum Gasteiger partial charge on any atom is -0.0622 e. The first kappa shape index (κ1) is 13.9. The maximum atomic E-state index is 3.69. The molecule has 0 aromatic heterocycles. The van der Waals surface area contributed by atoms with Gasteiger partial charge in [-0.3, -0.25) is 0 Å². The van der Waals surface area contributed by atoms with E-state index >= 15 is 0 Å². The van der Waals surface area contributed by atoms with E-state index in [0.717, 1.165) is 5.92 Å². The van der Waals surface area contributed by atoms with Crippen molar-refractivity contribution >= 4 is 15.9 Å². The van der Waals surface area contributed by atoms with Gasteiger partial charge in [-0.25, -0.2) is 0 Å². The van der Waals surface area contributed by atoms with Crippen molar-refractivity contribution in [3.05, 3.63) is 69.2 Å². The van der Waals surface area contributed by atoms with E-state index in [1.54, 1.807) is 5.56 Å². The summed E-state index contributed by atoms with van der Waals surface area (Å²) in [5, 5.41) is 0. The molecule has 0 N–H and O–H groups in total. The second kappa shape index (κ2) is 5.04. The van der Waals surface area contributed by atoms with Crippen molar-refractivity contribution in [3.8, 4) is 0 Å². The smallest absolute Gasteiger partial charge is 0.0207 e. The first-order chi connectivity index (χ1) is 9.52. The molecular formula is C19H21Br. The molecule has 104 valence electrons. The van der Waals surface area contributed by atoms with Crippen LogP contribution in [0.25, 0.3) is 0 Å². The van der Waals surface area contributed by atoms with E-state index in [-0.39, 0.29) is 5.41 Å².